The van der Waals surface area contributed by atoms with Crippen LogP contribution in [-0.4, -0.2) is 85.7 Å². The minimum atomic E-state index is -1.15. The lowest BCUT2D eigenvalue weighted by Crippen LogP contribution is -2.62. The maximum atomic E-state index is 13.8. The summed E-state index contributed by atoms with van der Waals surface area (Å²) in [7, 11) is 1.77. The summed E-state index contributed by atoms with van der Waals surface area (Å²) in [6.07, 6.45) is 12.3. The minimum Gasteiger partial charge on any atom is -0.330 e. The highest BCUT2D eigenvalue weighted by Crippen LogP contribution is 2.44. The van der Waals surface area contributed by atoms with Crippen molar-refractivity contribution in [1.82, 2.24) is 15.5 Å². The first kappa shape index (κ1) is 41.4. The number of likely N-dealkylation sites (N-methyl/N-ethyl adjacent to an activating group) is 1. The quantitative estimate of drug-likeness (QED) is 0.0984. The Kier molecular flexibility index (Phi) is 16.6. The highest BCUT2D eigenvalue weighted by Gasteiger charge is 2.56. The number of hydrogen-bond acceptors (Lipinski definition) is 10. The normalized spacial score (nSPS) is 21.4. The molecule has 0 spiro atoms. The molecule has 2 amide bonds. The first-order valence-electron chi connectivity index (χ1n) is 19.6. The zero-order valence-electron chi connectivity index (χ0n) is 31.2. The van der Waals surface area contributed by atoms with E-state index in [0.29, 0.717) is 57.7 Å². The fourth-order valence-corrected chi connectivity index (χ4v) is 8.10. The van der Waals surface area contributed by atoms with E-state index in [4.69, 9.17) is 22.9 Å². The van der Waals surface area contributed by atoms with Gasteiger partial charge in [0.2, 0.25) is 11.8 Å². The van der Waals surface area contributed by atoms with Crippen LogP contribution in [0.4, 0.5) is 0 Å². The average molecular weight is 718 g/mol. The molecule has 1 saturated carbocycles. The smallest absolute Gasteiger partial charge is 0.246 e. The van der Waals surface area contributed by atoms with Crippen LogP contribution >= 0.6 is 0 Å². The summed E-state index contributed by atoms with van der Waals surface area (Å²) in [6.45, 7) is 2.26. The molecule has 2 fully saturated rings. The zero-order chi connectivity index (χ0) is 37.5. The number of nitrogens with one attached hydrogen (secondary N) is 2. The first-order chi connectivity index (χ1) is 25.2. The lowest BCUT2D eigenvalue weighted by atomic mass is 9.56. The maximum Gasteiger partial charge on any atom is 0.246 e. The van der Waals surface area contributed by atoms with Gasteiger partial charge in [0.05, 0.1) is 24.2 Å². The number of carbonyl (C=O) groups excluding carboxylic acids is 4. The summed E-state index contributed by atoms with van der Waals surface area (Å²) in [5.41, 5.74) is 25.3. The van der Waals surface area contributed by atoms with Gasteiger partial charge in [0.1, 0.15) is 5.41 Å². The molecule has 5 rings (SSSR count). The second-order valence-electron chi connectivity index (χ2n) is 14.9. The van der Waals surface area contributed by atoms with Crippen molar-refractivity contribution in [1.29, 1.82) is 0 Å². The van der Waals surface area contributed by atoms with Crippen LogP contribution in [0, 0.1) is 5.92 Å². The predicted molar refractivity (Wildman–Crippen MR) is 206 cm³/mol. The molecule has 4 unspecified atom stereocenters. The Labute approximate surface area is 310 Å². The Morgan fingerprint density at radius 2 is 1.54 bits per heavy atom. The van der Waals surface area contributed by atoms with Gasteiger partial charge in [0, 0.05) is 6.54 Å². The zero-order valence-corrected chi connectivity index (χ0v) is 31.2. The van der Waals surface area contributed by atoms with Gasteiger partial charge in [-0.2, -0.15) is 0 Å². The van der Waals surface area contributed by atoms with Crippen molar-refractivity contribution < 1.29 is 19.2 Å². The van der Waals surface area contributed by atoms with Crippen molar-refractivity contribution in [2.24, 2.45) is 28.9 Å². The monoisotopic (exact) mass is 717 g/mol. The minimum absolute atomic E-state index is 0.0816. The number of amides is 2. The number of nitrogens with zero attached hydrogens (tertiary/aromatic N) is 1. The third kappa shape index (κ3) is 10.4. The summed E-state index contributed by atoms with van der Waals surface area (Å²) in [5, 5.41) is 6.31. The van der Waals surface area contributed by atoms with Gasteiger partial charge in [-0.1, -0.05) is 93.1 Å². The van der Waals surface area contributed by atoms with E-state index in [1.54, 1.807) is 7.05 Å². The number of ketones is 2. The molecule has 0 bridgehead atoms. The van der Waals surface area contributed by atoms with Crippen molar-refractivity contribution >= 4 is 23.4 Å². The molecule has 0 aromatic heterocycles. The number of imide groups is 1. The van der Waals surface area contributed by atoms with E-state index >= 15 is 0 Å². The summed E-state index contributed by atoms with van der Waals surface area (Å²) in [6, 6.07) is 15.7. The highest BCUT2D eigenvalue weighted by molar-refractivity contribution is 6.18. The molecule has 52 heavy (non-hydrogen) atoms. The van der Waals surface area contributed by atoms with Crippen LogP contribution in [0.1, 0.15) is 93.7 Å². The van der Waals surface area contributed by atoms with E-state index in [1.807, 2.05) is 54.6 Å². The van der Waals surface area contributed by atoms with Crippen LogP contribution in [0.25, 0.3) is 0 Å². The summed E-state index contributed by atoms with van der Waals surface area (Å²) in [4.78, 5) is 54.0. The van der Waals surface area contributed by atoms with Gasteiger partial charge >= 0.3 is 0 Å². The largest absolute Gasteiger partial charge is 0.330 e. The van der Waals surface area contributed by atoms with Crippen molar-refractivity contribution in [2.45, 2.75) is 119 Å². The number of Topliss-reactive ketones (excluding diaryl/α,β-unsaturated/α-hetero) is 2. The molecular formula is C41H63N7O4. The molecule has 11 heteroatoms. The lowest BCUT2D eigenvalue weighted by Gasteiger charge is -2.44. The molecule has 286 valence electrons. The average Bonchev–Trinajstić information content (AvgIpc) is 3.71. The van der Waals surface area contributed by atoms with E-state index in [1.165, 1.54) is 24.2 Å². The van der Waals surface area contributed by atoms with Gasteiger partial charge in [0.25, 0.3) is 0 Å². The van der Waals surface area contributed by atoms with E-state index in [-0.39, 0.29) is 29.4 Å². The SMILES string of the molecule is CNC(Cc1ccccc1)C(=O)C1(C(=O)C(N)CCCCN)Cc2ccccc21.NCCCN(C(=O)C1CCCN1)C(=O)[C@H](N)CC1CCCCC1. The molecule has 1 saturated heterocycles. The standard InChI is InChI=1S/C24H31N3O2.C17H32N4O2/c1-27-21(15-17-9-3-2-4-10-17)23(29)24(16-18-11-5-6-12-19(18)24)22(28)20(26)13-7-8-14-25;18-9-5-11-21(17(23)15-8-4-10-20-15)16(22)14(19)12-13-6-2-1-3-7-13/h2-6,9-12,20-21,27H,7-8,13-16,25-26H2,1H3;13-15,20H,1-12,18-19H2/t;14-,15?/m.1/s1. The number of nitrogens with two attached hydrogens (primary N) is 4. The number of rotatable bonds is 18. The third-order valence-corrected chi connectivity index (χ3v) is 11.1. The second kappa shape index (κ2) is 20.8. The Morgan fingerprint density at radius 3 is 2.17 bits per heavy atom. The molecular weight excluding hydrogens is 654 g/mol. The van der Waals surface area contributed by atoms with Crippen LogP contribution in [0.2, 0.25) is 0 Å². The van der Waals surface area contributed by atoms with Crippen LogP contribution in [-0.2, 0) is 37.4 Å². The van der Waals surface area contributed by atoms with Gasteiger partial charge in [-0.05, 0) is 101 Å². The Hall–Kier alpha value is -3.32. The van der Waals surface area contributed by atoms with Gasteiger partial charge < -0.3 is 33.6 Å². The van der Waals surface area contributed by atoms with Crippen LogP contribution < -0.4 is 33.6 Å². The number of fused-ring (bicyclic) bond motifs is 1. The maximum absolute atomic E-state index is 13.8. The first-order valence-corrected chi connectivity index (χ1v) is 19.6. The molecule has 3 aliphatic rings. The topological polar surface area (TPSA) is 200 Å². The van der Waals surface area contributed by atoms with Crippen molar-refractivity contribution in [3.05, 3.63) is 71.3 Å². The molecule has 2 aliphatic carbocycles. The summed E-state index contributed by atoms with van der Waals surface area (Å²) in [5.74, 6) is -0.0603. The highest BCUT2D eigenvalue weighted by atomic mass is 16.2. The molecule has 11 nitrogen and oxygen atoms in total. The van der Waals surface area contributed by atoms with E-state index in [9.17, 15) is 19.2 Å². The summed E-state index contributed by atoms with van der Waals surface area (Å²) >= 11 is 0. The molecule has 1 aliphatic heterocycles. The Morgan fingerprint density at radius 1 is 0.846 bits per heavy atom. The van der Waals surface area contributed by atoms with Gasteiger partial charge in [-0.3, -0.25) is 24.1 Å². The fraction of sp³-hybridized carbons (Fsp3) is 0.610. The molecule has 2 aromatic carbocycles. The number of benzene rings is 2. The summed E-state index contributed by atoms with van der Waals surface area (Å²) < 4.78 is 0. The number of carbonyl (C=O) groups is 4. The number of unbranched alkanes of at least 4 members (excludes halogenated alkanes) is 1. The third-order valence-electron chi connectivity index (χ3n) is 11.1. The van der Waals surface area contributed by atoms with E-state index in [0.717, 1.165) is 61.8 Å². The molecule has 5 atom stereocenters. The van der Waals surface area contributed by atoms with Crippen molar-refractivity contribution in [2.75, 3.05) is 33.2 Å². The molecule has 2 aromatic rings. The molecule has 10 N–H and O–H groups in total. The van der Waals surface area contributed by atoms with Crippen molar-refractivity contribution in [3.8, 4) is 0 Å². The van der Waals surface area contributed by atoms with Crippen LogP contribution in [0.3, 0.4) is 0 Å². The Balaban J connectivity index is 0.000000239. The van der Waals surface area contributed by atoms with E-state index < -0.39 is 23.5 Å². The van der Waals surface area contributed by atoms with Gasteiger partial charge in [-0.15, -0.1) is 0 Å². The van der Waals surface area contributed by atoms with Crippen LogP contribution in [0.5, 0.6) is 0 Å². The molecule has 0 radical (unpaired) electrons. The van der Waals surface area contributed by atoms with Gasteiger partial charge in [-0.25, -0.2) is 0 Å². The van der Waals surface area contributed by atoms with Crippen molar-refractivity contribution in [3.63, 3.8) is 0 Å². The second-order valence-corrected chi connectivity index (χ2v) is 14.9. The number of hydrogen-bond donors (Lipinski definition) is 6. The fourth-order valence-electron chi connectivity index (χ4n) is 8.10. The Bertz CT molecular complexity index is 1440. The lowest BCUT2D eigenvalue weighted by molar-refractivity contribution is -0.147. The molecule has 1 heterocycles. The van der Waals surface area contributed by atoms with Crippen LogP contribution in [0.15, 0.2) is 54.6 Å². The van der Waals surface area contributed by atoms with E-state index in [2.05, 4.69) is 10.6 Å². The van der Waals surface area contributed by atoms with Gasteiger partial charge in [0.15, 0.2) is 11.6 Å². The predicted octanol–water partition coefficient (Wildman–Crippen LogP) is 2.65.